The molecule has 0 aliphatic heterocycles. The molecule has 0 aromatic heterocycles. The summed E-state index contributed by atoms with van der Waals surface area (Å²) in [4.78, 5) is 12.9. The summed E-state index contributed by atoms with van der Waals surface area (Å²) in [6.45, 7) is 5.73. The number of hydrogen-bond donors (Lipinski definition) is 2. The maximum atomic E-state index is 12.7. The van der Waals surface area contributed by atoms with Crippen LogP contribution in [0.5, 0.6) is 0 Å². The predicted octanol–water partition coefficient (Wildman–Crippen LogP) is 3.39. The second-order valence-corrected chi connectivity index (χ2v) is 8.85. The molecule has 0 radical (unpaired) electrons. The van der Waals surface area contributed by atoms with Gasteiger partial charge in [-0.2, -0.15) is 9.98 Å². The fourth-order valence-corrected chi connectivity index (χ4v) is 3.89. The van der Waals surface area contributed by atoms with Crippen LogP contribution < -0.4 is 10.0 Å². The third-order valence-corrected chi connectivity index (χ3v) is 5.64. The van der Waals surface area contributed by atoms with Crippen molar-refractivity contribution in [1.29, 1.82) is 5.26 Å². The van der Waals surface area contributed by atoms with Crippen LogP contribution in [-0.2, 0) is 21.2 Å². The summed E-state index contributed by atoms with van der Waals surface area (Å²) in [6, 6.07) is 14.6. The smallest absolute Gasteiger partial charge is 0.242 e. The van der Waals surface area contributed by atoms with Gasteiger partial charge in [-0.1, -0.05) is 43.7 Å². The third kappa shape index (κ3) is 6.19. The zero-order valence-electron chi connectivity index (χ0n) is 16.3. The zero-order valence-corrected chi connectivity index (χ0v) is 17.1. The highest BCUT2D eigenvalue weighted by Gasteiger charge is 2.26. The lowest BCUT2D eigenvalue weighted by Gasteiger charge is -2.20. The van der Waals surface area contributed by atoms with Crippen LogP contribution >= 0.6 is 0 Å². The molecule has 0 saturated carbocycles. The molecule has 28 heavy (non-hydrogen) atoms. The van der Waals surface area contributed by atoms with E-state index in [0.29, 0.717) is 18.5 Å². The summed E-state index contributed by atoms with van der Waals surface area (Å²) in [7, 11) is -3.82. The van der Waals surface area contributed by atoms with Crippen molar-refractivity contribution in [3.8, 4) is 6.07 Å². The first-order valence-corrected chi connectivity index (χ1v) is 10.6. The molecule has 2 aromatic rings. The minimum Gasteiger partial charge on any atom is -0.325 e. The number of aryl methyl sites for hydroxylation is 1. The molecular formula is C21H25N3O3S. The van der Waals surface area contributed by atoms with Gasteiger partial charge in [0, 0.05) is 5.69 Å². The lowest BCUT2D eigenvalue weighted by atomic mass is 10.0. The molecule has 1 atom stereocenters. The molecule has 7 heteroatoms. The number of nitrogens with zero attached hydrogens (tertiary/aromatic N) is 1. The Hall–Kier alpha value is -2.69. The molecule has 0 spiro atoms. The number of anilines is 1. The molecule has 0 bridgehead atoms. The van der Waals surface area contributed by atoms with Crippen LogP contribution in [0.25, 0.3) is 0 Å². The second-order valence-electron chi connectivity index (χ2n) is 7.14. The van der Waals surface area contributed by atoms with Crippen molar-refractivity contribution in [3.05, 3.63) is 59.7 Å². The highest BCUT2D eigenvalue weighted by molar-refractivity contribution is 7.89. The average molecular weight is 400 g/mol. The molecule has 0 saturated heterocycles. The van der Waals surface area contributed by atoms with Crippen molar-refractivity contribution in [2.75, 3.05) is 5.32 Å². The van der Waals surface area contributed by atoms with E-state index in [1.165, 1.54) is 12.1 Å². The lowest BCUT2D eigenvalue weighted by molar-refractivity contribution is -0.118. The van der Waals surface area contributed by atoms with Gasteiger partial charge in [-0.3, -0.25) is 4.79 Å². The van der Waals surface area contributed by atoms with Gasteiger partial charge in [0.15, 0.2) is 0 Å². The van der Waals surface area contributed by atoms with Crippen LogP contribution in [0.2, 0.25) is 0 Å². The second kappa shape index (κ2) is 9.49. The molecule has 0 heterocycles. The Morgan fingerprint density at radius 2 is 1.68 bits per heavy atom. The fraction of sp³-hybridized carbons (Fsp3) is 0.333. The number of amides is 1. The molecule has 2 rings (SSSR count). The van der Waals surface area contributed by atoms with Gasteiger partial charge >= 0.3 is 0 Å². The van der Waals surface area contributed by atoms with E-state index in [1.54, 1.807) is 36.4 Å². The van der Waals surface area contributed by atoms with Crippen LogP contribution in [0.15, 0.2) is 53.4 Å². The minimum atomic E-state index is -3.82. The maximum absolute atomic E-state index is 12.7. The Morgan fingerprint density at radius 1 is 1.07 bits per heavy atom. The first kappa shape index (κ1) is 21.6. The Morgan fingerprint density at radius 3 is 2.21 bits per heavy atom. The Balaban J connectivity index is 2.16. The zero-order chi connectivity index (χ0) is 20.7. The van der Waals surface area contributed by atoms with Crippen molar-refractivity contribution >= 4 is 21.6 Å². The van der Waals surface area contributed by atoms with Gasteiger partial charge in [0.1, 0.15) is 6.04 Å². The Bertz CT molecular complexity index is 944. The number of hydrogen-bond acceptors (Lipinski definition) is 4. The van der Waals surface area contributed by atoms with E-state index in [1.807, 2.05) is 20.8 Å². The molecule has 6 nitrogen and oxygen atoms in total. The van der Waals surface area contributed by atoms with Crippen molar-refractivity contribution in [3.63, 3.8) is 0 Å². The van der Waals surface area contributed by atoms with E-state index in [2.05, 4.69) is 16.1 Å². The summed E-state index contributed by atoms with van der Waals surface area (Å²) < 4.78 is 27.9. The monoisotopic (exact) mass is 399 g/mol. The third-order valence-electron chi connectivity index (χ3n) is 4.16. The first-order valence-electron chi connectivity index (χ1n) is 9.07. The molecule has 0 fully saturated rings. The quantitative estimate of drug-likeness (QED) is 0.711. The molecule has 148 valence electrons. The van der Waals surface area contributed by atoms with Crippen LogP contribution in [-0.4, -0.2) is 20.4 Å². The number of carbonyl (C=O) groups excluding carboxylic acids is 1. The number of nitriles is 1. The average Bonchev–Trinajstić information content (AvgIpc) is 2.63. The van der Waals surface area contributed by atoms with Crippen molar-refractivity contribution < 1.29 is 13.2 Å². The standard InChI is InChI=1S/C21H25N3O3S/c1-15(2)14-20(24-28(26,27)19-10-4-16(3)5-11-19)21(25)23-18-8-6-17(7-9-18)12-13-22/h4-11,15,20,24H,12,14H2,1-3H3,(H,23,25)/t20-/m1/s1. The van der Waals surface area contributed by atoms with Crippen molar-refractivity contribution in [1.82, 2.24) is 4.72 Å². The number of nitrogens with one attached hydrogen (secondary N) is 2. The molecule has 1 amide bonds. The number of benzene rings is 2. The van der Waals surface area contributed by atoms with Crippen molar-refractivity contribution in [2.45, 2.75) is 44.6 Å². The van der Waals surface area contributed by atoms with Gasteiger partial charge in [-0.25, -0.2) is 8.42 Å². The van der Waals surface area contributed by atoms with Crippen LogP contribution in [0.1, 0.15) is 31.4 Å². The van der Waals surface area contributed by atoms with Gasteiger partial charge in [0.25, 0.3) is 0 Å². The highest BCUT2D eigenvalue weighted by Crippen LogP contribution is 2.16. The number of carbonyl (C=O) groups is 1. The molecule has 0 aliphatic carbocycles. The van der Waals surface area contributed by atoms with Crippen LogP contribution in [0.3, 0.4) is 0 Å². The van der Waals surface area contributed by atoms with Gasteiger partial charge < -0.3 is 5.32 Å². The van der Waals surface area contributed by atoms with Gasteiger partial charge in [-0.05, 0) is 49.1 Å². The predicted molar refractivity (Wildman–Crippen MR) is 109 cm³/mol. The lowest BCUT2D eigenvalue weighted by Crippen LogP contribution is -2.44. The van der Waals surface area contributed by atoms with Crippen molar-refractivity contribution in [2.24, 2.45) is 5.92 Å². The first-order chi connectivity index (χ1) is 13.2. The molecule has 0 unspecified atom stereocenters. The summed E-state index contributed by atoms with van der Waals surface area (Å²) in [5.41, 5.74) is 2.35. The molecular weight excluding hydrogens is 374 g/mol. The minimum absolute atomic E-state index is 0.120. The number of sulfonamides is 1. The van der Waals surface area contributed by atoms with E-state index in [9.17, 15) is 13.2 Å². The van der Waals surface area contributed by atoms with Gasteiger partial charge in [0.05, 0.1) is 17.4 Å². The van der Waals surface area contributed by atoms with Crippen LogP contribution in [0.4, 0.5) is 5.69 Å². The Kier molecular flexibility index (Phi) is 7.32. The van der Waals surface area contributed by atoms with E-state index < -0.39 is 22.0 Å². The topological polar surface area (TPSA) is 99.1 Å². The van der Waals surface area contributed by atoms with Gasteiger partial charge in [-0.15, -0.1) is 0 Å². The Labute approximate surface area is 166 Å². The van der Waals surface area contributed by atoms with Crippen LogP contribution in [0, 0.1) is 24.2 Å². The fourth-order valence-electron chi connectivity index (χ4n) is 2.68. The molecule has 2 N–H and O–H groups in total. The number of rotatable bonds is 8. The summed E-state index contributed by atoms with van der Waals surface area (Å²) in [6.07, 6.45) is 0.657. The van der Waals surface area contributed by atoms with E-state index in [4.69, 9.17) is 5.26 Å². The maximum Gasteiger partial charge on any atom is 0.242 e. The molecule has 2 aromatic carbocycles. The summed E-state index contributed by atoms with van der Waals surface area (Å²) in [5, 5.41) is 11.5. The van der Waals surface area contributed by atoms with Gasteiger partial charge in [0.2, 0.25) is 15.9 Å². The summed E-state index contributed by atoms with van der Waals surface area (Å²) in [5.74, 6) is -0.299. The summed E-state index contributed by atoms with van der Waals surface area (Å²) >= 11 is 0. The highest BCUT2D eigenvalue weighted by atomic mass is 32.2. The van der Waals surface area contributed by atoms with E-state index in [0.717, 1.165) is 11.1 Å². The van der Waals surface area contributed by atoms with E-state index in [-0.39, 0.29) is 10.8 Å². The van der Waals surface area contributed by atoms with E-state index >= 15 is 0 Å². The molecule has 0 aliphatic rings. The SMILES string of the molecule is Cc1ccc(S(=O)(=O)N[C@H](CC(C)C)C(=O)Nc2ccc(CC#N)cc2)cc1. The largest absolute Gasteiger partial charge is 0.325 e. The normalized spacial score (nSPS) is 12.4.